The van der Waals surface area contributed by atoms with Gasteiger partial charge in [-0.05, 0) is 57.4 Å². The molecular formula is C17H25NO4S. The number of piperidine rings is 1. The van der Waals surface area contributed by atoms with Gasteiger partial charge in [-0.2, -0.15) is 0 Å². The highest BCUT2D eigenvalue weighted by atomic mass is 32.2. The van der Waals surface area contributed by atoms with Crippen molar-refractivity contribution in [1.82, 2.24) is 4.31 Å². The second kappa shape index (κ2) is 7.01. The highest BCUT2D eigenvalue weighted by Crippen LogP contribution is 2.26. The standard InChI is InChI=1S/C17H25NO4S/c1-12(2)23(20,21)18-9-5-6-14(11-18)17(19)16-8-7-15(22-4)10-13(16)3/h7-8,10,12,14H,5-6,9,11H2,1-4H3/t14-/m0/s1. The number of nitrogens with zero attached hydrogens (tertiary/aromatic N) is 1. The van der Waals surface area contributed by atoms with E-state index in [1.54, 1.807) is 33.1 Å². The van der Waals surface area contributed by atoms with Crippen molar-refractivity contribution in [3.63, 3.8) is 0 Å². The van der Waals surface area contributed by atoms with E-state index in [9.17, 15) is 13.2 Å². The lowest BCUT2D eigenvalue weighted by Gasteiger charge is -2.32. The molecule has 0 saturated carbocycles. The summed E-state index contributed by atoms with van der Waals surface area (Å²) in [5.74, 6) is 0.463. The average molecular weight is 339 g/mol. The van der Waals surface area contributed by atoms with Gasteiger partial charge < -0.3 is 4.74 Å². The van der Waals surface area contributed by atoms with Gasteiger partial charge in [0.2, 0.25) is 10.0 Å². The van der Waals surface area contributed by atoms with Crippen LogP contribution < -0.4 is 4.74 Å². The summed E-state index contributed by atoms with van der Waals surface area (Å²) in [6.07, 6.45) is 1.45. The average Bonchev–Trinajstić information content (AvgIpc) is 2.54. The second-order valence-corrected chi connectivity index (χ2v) is 8.83. The minimum Gasteiger partial charge on any atom is -0.497 e. The molecule has 0 aliphatic carbocycles. The fraction of sp³-hybridized carbons (Fsp3) is 0.588. The highest BCUT2D eigenvalue weighted by molar-refractivity contribution is 7.89. The topological polar surface area (TPSA) is 63.7 Å². The first-order chi connectivity index (χ1) is 10.8. The number of Topliss-reactive ketones (excluding diaryl/α,β-unsaturated/α-hetero) is 1. The van der Waals surface area contributed by atoms with Crippen LogP contribution in [-0.4, -0.2) is 44.0 Å². The van der Waals surface area contributed by atoms with Gasteiger partial charge >= 0.3 is 0 Å². The molecule has 0 unspecified atom stereocenters. The summed E-state index contributed by atoms with van der Waals surface area (Å²) in [4.78, 5) is 12.8. The Morgan fingerprint density at radius 1 is 1.35 bits per heavy atom. The van der Waals surface area contributed by atoms with Crippen molar-refractivity contribution in [1.29, 1.82) is 0 Å². The number of ether oxygens (including phenoxy) is 1. The van der Waals surface area contributed by atoms with E-state index < -0.39 is 15.3 Å². The molecule has 0 N–H and O–H groups in total. The van der Waals surface area contributed by atoms with Gasteiger partial charge in [0.1, 0.15) is 5.75 Å². The normalized spacial score (nSPS) is 19.8. The minimum atomic E-state index is -3.31. The van der Waals surface area contributed by atoms with E-state index in [0.29, 0.717) is 17.9 Å². The maximum absolute atomic E-state index is 12.8. The molecule has 23 heavy (non-hydrogen) atoms. The molecule has 0 amide bonds. The van der Waals surface area contributed by atoms with E-state index in [2.05, 4.69) is 0 Å². The van der Waals surface area contributed by atoms with Crippen molar-refractivity contribution in [2.75, 3.05) is 20.2 Å². The number of carbonyl (C=O) groups is 1. The lowest BCUT2D eigenvalue weighted by molar-refractivity contribution is 0.0871. The van der Waals surface area contributed by atoms with E-state index in [1.165, 1.54) is 4.31 Å². The zero-order chi connectivity index (χ0) is 17.2. The van der Waals surface area contributed by atoms with Gasteiger partial charge in [0.15, 0.2) is 5.78 Å². The van der Waals surface area contributed by atoms with Crippen LogP contribution in [0.4, 0.5) is 0 Å². The Morgan fingerprint density at radius 3 is 2.61 bits per heavy atom. The highest BCUT2D eigenvalue weighted by Gasteiger charge is 2.34. The van der Waals surface area contributed by atoms with Crippen molar-refractivity contribution in [2.24, 2.45) is 5.92 Å². The number of hydrogen-bond acceptors (Lipinski definition) is 4. The Bertz CT molecular complexity index is 682. The largest absolute Gasteiger partial charge is 0.497 e. The number of ketones is 1. The molecule has 1 heterocycles. The third-order valence-electron chi connectivity index (χ3n) is 4.41. The molecule has 1 aromatic carbocycles. The summed E-state index contributed by atoms with van der Waals surface area (Å²) in [7, 11) is -1.72. The fourth-order valence-electron chi connectivity index (χ4n) is 2.95. The predicted molar refractivity (Wildman–Crippen MR) is 90.4 cm³/mol. The molecule has 1 aliphatic rings. The van der Waals surface area contributed by atoms with Gasteiger partial charge in [0, 0.05) is 24.6 Å². The molecule has 1 aromatic rings. The SMILES string of the molecule is COc1ccc(C(=O)[C@H]2CCCN(S(=O)(=O)C(C)C)C2)c(C)c1. The number of carbonyl (C=O) groups excluding carboxylic acids is 1. The zero-order valence-electron chi connectivity index (χ0n) is 14.2. The second-order valence-electron chi connectivity index (χ2n) is 6.34. The van der Waals surface area contributed by atoms with E-state index in [-0.39, 0.29) is 18.2 Å². The molecule has 5 nitrogen and oxygen atoms in total. The van der Waals surface area contributed by atoms with Crippen LogP contribution in [0.5, 0.6) is 5.75 Å². The molecule has 0 bridgehead atoms. The third-order valence-corrected chi connectivity index (χ3v) is 6.65. The van der Waals surface area contributed by atoms with Crippen LogP contribution in [0.1, 0.15) is 42.6 Å². The number of hydrogen-bond donors (Lipinski definition) is 0. The van der Waals surface area contributed by atoms with Crippen molar-refractivity contribution in [3.8, 4) is 5.75 Å². The summed E-state index contributed by atoms with van der Waals surface area (Å²) >= 11 is 0. The molecule has 1 saturated heterocycles. The molecule has 2 rings (SSSR count). The van der Waals surface area contributed by atoms with Crippen LogP contribution in [-0.2, 0) is 10.0 Å². The van der Waals surface area contributed by atoms with Gasteiger partial charge in [-0.3, -0.25) is 4.79 Å². The van der Waals surface area contributed by atoms with E-state index in [0.717, 1.165) is 18.4 Å². The lowest BCUT2D eigenvalue weighted by Crippen LogP contribution is -2.45. The van der Waals surface area contributed by atoms with Gasteiger partial charge in [-0.15, -0.1) is 0 Å². The summed E-state index contributed by atoms with van der Waals surface area (Å²) in [6.45, 7) is 6.01. The van der Waals surface area contributed by atoms with Crippen molar-refractivity contribution >= 4 is 15.8 Å². The molecule has 6 heteroatoms. The summed E-state index contributed by atoms with van der Waals surface area (Å²) < 4.78 is 31.3. The number of aryl methyl sites for hydroxylation is 1. The number of benzene rings is 1. The van der Waals surface area contributed by atoms with Crippen molar-refractivity contribution < 1.29 is 17.9 Å². The molecule has 0 spiro atoms. The molecule has 128 valence electrons. The monoisotopic (exact) mass is 339 g/mol. The fourth-order valence-corrected chi connectivity index (χ4v) is 4.31. The van der Waals surface area contributed by atoms with Crippen LogP contribution >= 0.6 is 0 Å². The van der Waals surface area contributed by atoms with Gasteiger partial charge in [-0.1, -0.05) is 0 Å². The van der Waals surface area contributed by atoms with Crippen LogP contribution in [0.2, 0.25) is 0 Å². The van der Waals surface area contributed by atoms with Crippen LogP contribution in [0.25, 0.3) is 0 Å². The lowest BCUT2D eigenvalue weighted by atomic mass is 9.89. The number of methoxy groups -OCH3 is 1. The minimum absolute atomic E-state index is 0.0220. The Morgan fingerprint density at radius 2 is 2.04 bits per heavy atom. The molecule has 0 radical (unpaired) electrons. The zero-order valence-corrected chi connectivity index (χ0v) is 15.0. The summed E-state index contributed by atoms with van der Waals surface area (Å²) in [5, 5.41) is -0.459. The predicted octanol–water partition coefficient (Wildman–Crippen LogP) is 2.64. The van der Waals surface area contributed by atoms with Crippen LogP contribution in [0, 0.1) is 12.8 Å². The third kappa shape index (κ3) is 3.75. The maximum atomic E-state index is 12.8. The van der Waals surface area contributed by atoms with Gasteiger partial charge in [0.25, 0.3) is 0 Å². The Kier molecular flexibility index (Phi) is 5.47. The van der Waals surface area contributed by atoms with E-state index in [4.69, 9.17) is 4.74 Å². The first-order valence-electron chi connectivity index (χ1n) is 7.95. The van der Waals surface area contributed by atoms with Gasteiger partial charge in [0.05, 0.1) is 12.4 Å². The van der Waals surface area contributed by atoms with Crippen molar-refractivity contribution in [2.45, 2.75) is 38.9 Å². The first kappa shape index (κ1) is 17.9. The van der Waals surface area contributed by atoms with Crippen LogP contribution in [0.15, 0.2) is 18.2 Å². The molecule has 1 aliphatic heterocycles. The van der Waals surface area contributed by atoms with Gasteiger partial charge in [-0.25, -0.2) is 12.7 Å². The van der Waals surface area contributed by atoms with Crippen molar-refractivity contribution in [3.05, 3.63) is 29.3 Å². The molecule has 0 aromatic heterocycles. The Hall–Kier alpha value is -1.40. The molecule has 1 atom stereocenters. The molecular weight excluding hydrogens is 314 g/mol. The number of rotatable bonds is 5. The van der Waals surface area contributed by atoms with E-state index >= 15 is 0 Å². The smallest absolute Gasteiger partial charge is 0.216 e. The first-order valence-corrected chi connectivity index (χ1v) is 9.45. The number of sulfonamides is 1. The quantitative estimate of drug-likeness (QED) is 0.774. The molecule has 1 fully saturated rings. The van der Waals surface area contributed by atoms with Crippen LogP contribution in [0.3, 0.4) is 0 Å². The van der Waals surface area contributed by atoms with E-state index in [1.807, 2.05) is 13.0 Å². The maximum Gasteiger partial charge on any atom is 0.216 e. The summed E-state index contributed by atoms with van der Waals surface area (Å²) in [5.41, 5.74) is 1.51. The summed E-state index contributed by atoms with van der Waals surface area (Å²) in [6, 6.07) is 5.37. The Balaban J connectivity index is 2.20. The Labute approximate surface area is 138 Å².